The van der Waals surface area contributed by atoms with Crippen LogP contribution in [0.15, 0.2) is 24.3 Å². The molecular formula is C14H18FN3O3. The Hall–Kier alpha value is -2.31. The summed E-state index contributed by atoms with van der Waals surface area (Å²) < 4.78 is 17.7. The number of carbonyl (C=O) groups excluding carboxylic acids is 2. The van der Waals surface area contributed by atoms with Crippen molar-refractivity contribution in [3.8, 4) is 0 Å². The SMILES string of the molecule is COC(=O)N1CCC(N(C(N)=O)c2ccc(F)cc2)CC1. The van der Waals surface area contributed by atoms with Crippen molar-refractivity contribution in [1.82, 2.24) is 4.90 Å². The Kier molecular flexibility index (Phi) is 4.62. The summed E-state index contributed by atoms with van der Waals surface area (Å²) in [4.78, 5) is 26.2. The van der Waals surface area contributed by atoms with Gasteiger partial charge in [-0.1, -0.05) is 0 Å². The minimum Gasteiger partial charge on any atom is -0.453 e. The van der Waals surface area contributed by atoms with Gasteiger partial charge in [-0.3, -0.25) is 4.90 Å². The lowest BCUT2D eigenvalue weighted by Crippen LogP contribution is -2.50. The fraction of sp³-hybridized carbons (Fsp3) is 0.429. The van der Waals surface area contributed by atoms with Crippen molar-refractivity contribution in [2.24, 2.45) is 5.73 Å². The van der Waals surface area contributed by atoms with Gasteiger partial charge in [0.25, 0.3) is 0 Å². The second-order valence-corrected chi connectivity index (χ2v) is 4.87. The highest BCUT2D eigenvalue weighted by atomic mass is 19.1. The van der Waals surface area contributed by atoms with Crippen molar-refractivity contribution < 1.29 is 18.7 Å². The second-order valence-electron chi connectivity index (χ2n) is 4.87. The van der Waals surface area contributed by atoms with E-state index in [-0.39, 0.29) is 18.0 Å². The molecule has 0 radical (unpaired) electrons. The van der Waals surface area contributed by atoms with Crippen LogP contribution < -0.4 is 10.6 Å². The Morgan fingerprint density at radius 3 is 2.33 bits per heavy atom. The Morgan fingerprint density at radius 2 is 1.86 bits per heavy atom. The number of hydrogen-bond acceptors (Lipinski definition) is 3. The van der Waals surface area contributed by atoms with E-state index in [1.165, 1.54) is 36.3 Å². The summed E-state index contributed by atoms with van der Waals surface area (Å²) in [6.07, 6.45) is 0.811. The highest BCUT2D eigenvalue weighted by molar-refractivity contribution is 5.91. The first-order valence-electron chi connectivity index (χ1n) is 6.70. The Balaban J connectivity index is 2.09. The number of primary amides is 1. The Labute approximate surface area is 122 Å². The predicted molar refractivity (Wildman–Crippen MR) is 75.5 cm³/mol. The molecule has 0 saturated carbocycles. The topological polar surface area (TPSA) is 75.9 Å². The van der Waals surface area contributed by atoms with Gasteiger partial charge in [0.2, 0.25) is 0 Å². The molecule has 0 atom stereocenters. The van der Waals surface area contributed by atoms with E-state index in [1.807, 2.05) is 0 Å². The number of halogens is 1. The molecule has 3 amide bonds. The molecule has 1 aliphatic rings. The van der Waals surface area contributed by atoms with Crippen LogP contribution in [-0.4, -0.2) is 43.3 Å². The summed E-state index contributed by atoms with van der Waals surface area (Å²) in [7, 11) is 1.34. The third kappa shape index (κ3) is 3.42. The number of rotatable bonds is 2. The quantitative estimate of drug-likeness (QED) is 0.906. The Morgan fingerprint density at radius 1 is 1.29 bits per heavy atom. The largest absolute Gasteiger partial charge is 0.453 e. The van der Waals surface area contributed by atoms with Gasteiger partial charge in [0.05, 0.1) is 7.11 Å². The zero-order valence-corrected chi connectivity index (χ0v) is 11.8. The van der Waals surface area contributed by atoms with E-state index in [2.05, 4.69) is 4.74 Å². The van der Waals surface area contributed by atoms with E-state index in [0.29, 0.717) is 31.6 Å². The first kappa shape index (κ1) is 15.1. The van der Waals surface area contributed by atoms with Gasteiger partial charge in [-0.25, -0.2) is 14.0 Å². The van der Waals surface area contributed by atoms with E-state index in [0.717, 1.165) is 0 Å². The van der Waals surface area contributed by atoms with Gasteiger partial charge >= 0.3 is 12.1 Å². The summed E-state index contributed by atoms with van der Waals surface area (Å²) in [5.74, 6) is -0.372. The van der Waals surface area contributed by atoms with Crippen molar-refractivity contribution in [3.05, 3.63) is 30.1 Å². The summed E-state index contributed by atoms with van der Waals surface area (Å²) in [5, 5.41) is 0. The molecular weight excluding hydrogens is 277 g/mol. The summed E-state index contributed by atoms with van der Waals surface area (Å²) in [6.45, 7) is 0.977. The number of anilines is 1. The lowest BCUT2D eigenvalue weighted by atomic mass is 10.0. The fourth-order valence-electron chi connectivity index (χ4n) is 2.56. The van der Waals surface area contributed by atoms with Crippen molar-refractivity contribution >= 4 is 17.8 Å². The number of methoxy groups -OCH3 is 1. The lowest BCUT2D eigenvalue weighted by molar-refractivity contribution is 0.112. The van der Waals surface area contributed by atoms with Gasteiger partial charge in [0.1, 0.15) is 5.82 Å². The minimum absolute atomic E-state index is 0.117. The molecule has 6 nitrogen and oxygen atoms in total. The van der Waals surface area contributed by atoms with Crippen LogP contribution in [0, 0.1) is 5.82 Å². The average Bonchev–Trinajstić information content (AvgIpc) is 2.49. The molecule has 0 unspecified atom stereocenters. The van der Waals surface area contributed by atoms with Crippen LogP contribution in [0.25, 0.3) is 0 Å². The molecule has 0 aliphatic carbocycles. The monoisotopic (exact) mass is 295 g/mol. The van der Waals surface area contributed by atoms with Crippen molar-refractivity contribution in [2.75, 3.05) is 25.1 Å². The van der Waals surface area contributed by atoms with Crippen LogP contribution in [0.5, 0.6) is 0 Å². The van der Waals surface area contributed by atoms with Crippen LogP contribution in [0.2, 0.25) is 0 Å². The number of hydrogen-bond donors (Lipinski definition) is 1. The normalized spacial score (nSPS) is 15.6. The molecule has 1 aromatic carbocycles. The molecule has 1 fully saturated rings. The number of amides is 3. The lowest BCUT2D eigenvalue weighted by Gasteiger charge is -2.37. The zero-order chi connectivity index (χ0) is 15.4. The highest BCUT2D eigenvalue weighted by Gasteiger charge is 2.29. The molecule has 0 bridgehead atoms. The number of piperidine rings is 1. The third-order valence-corrected chi connectivity index (χ3v) is 3.60. The van der Waals surface area contributed by atoms with Crippen LogP contribution >= 0.6 is 0 Å². The summed E-state index contributed by atoms with van der Waals surface area (Å²) in [6, 6.07) is 4.91. The smallest absolute Gasteiger partial charge is 0.409 e. The fourth-order valence-corrected chi connectivity index (χ4v) is 2.56. The van der Waals surface area contributed by atoms with Crippen LogP contribution in [0.4, 0.5) is 19.7 Å². The molecule has 1 saturated heterocycles. The third-order valence-electron chi connectivity index (χ3n) is 3.60. The molecule has 2 rings (SSSR count). The molecule has 21 heavy (non-hydrogen) atoms. The van der Waals surface area contributed by atoms with Gasteiger partial charge in [-0.15, -0.1) is 0 Å². The summed E-state index contributed by atoms with van der Waals surface area (Å²) in [5.41, 5.74) is 6.00. The van der Waals surface area contributed by atoms with Crippen LogP contribution in [0.3, 0.4) is 0 Å². The van der Waals surface area contributed by atoms with Gasteiger partial charge in [-0.05, 0) is 37.1 Å². The molecule has 1 aromatic rings. The molecule has 0 spiro atoms. The van der Waals surface area contributed by atoms with Gasteiger partial charge in [0, 0.05) is 24.8 Å². The second kappa shape index (κ2) is 6.43. The Bertz CT molecular complexity index is 513. The van der Waals surface area contributed by atoms with Gasteiger partial charge in [-0.2, -0.15) is 0 Å². The average molecular weight is 295 g/mol. The number of urea groups is 1. The molecule has 114 valence electrons. The van der Waals surface area contributed by atoms with E-state index >= 15 is 0 Å². The molecule has 0 aromatic heterocycles. The minimum atomic E-state index is -0.585. The number of likely N-dealkylation sites (tertiary alicyclic amines) is 1. The number of nitrogens with two attached hydrogens (primary N) is 1. The number of ether oxygens (including phenoxy) is 1. The summed E-state index contributed by atoms with van der Waals surface area (Å²) >= 11 is 0. The van der Waals surface area contributed by atoms with E-state index in [1.54, 1.807) is 4.90 Å². The van der Waals surface area contributed by atoms with Crippen molar-refractivity contribution in [2.45, 2.75) is 18.9 Å². The van der Waals surface area contributed by atoms with Crippen LogP contribution in [0.1, 0.15) is 12.8 Å². The van der Waals surface area contributed by atoms with E-state index in [4.69, 9.17) is 5.73 Å². The number of nitrogens with zero attached hydrogens (tertiary/aromatic N) is 2. The van der Waals surface area contributed by atoms with Crippen molar-refractivity contribution in [3.63, 3.8) is 0 Å². The maximum atomic E-state index is 13.0. The maximum Gasteiger partial charge on any atom is 0.409 e. The van der Waals surface area contributed by atoms with Crippen LogP contribution in [-0.2, 0) is 4.74 Å². The molecule has 2 N–H and O–H groups in total. The van der Waals surface area contributed by atoms with Gasteiger partial charge in [0.15, 0.2) is 0 Å². The predicted octanol–water partition coefficient (Wildman–Crippen LogP) is 1.94. The molecule has 7 heteroatoms. The maximum absolute atomic E-state index is 13.0. The zero-order valence-electron chi connectivity index (χ0n) is 11.8. The van der Waals surface area contributed by atoms with Crippen molar-refractivity contribution in [1.29, 1.82) is 0 Å². The van der Waals surface area contributed by atoms with Gasteiger partial charge < -0.3 is 15.4 Å². The first-order valence-corrected chi connectivity index (χ1v) is 6.70. The number of carbonyl (C=O) groups is 2. The highest BCUT2D eigenvalue weighted by Crippen LogP contribution is 2.24. The van der Waals surface area contributed by atoms with E-state index < -0.39 is 6.03 Å². The number of benzene rings is 1. The standard InChI is InChI=1S/C14H18FN3O3/c1-21-14(20)17-8-6-12(7-9-17)18(13(16)19)11-4-2-10(15)3-5-11/h2-5,12H,6-9H2,1H3,(H2,16,19). The molecule has 1 heterocycles. The molecule has 1 aliphatic heterocycles. The van der Waals surface area contributed by atoms with E-state index in [9.17, 15) is 14.0 Å². The first-order chi connectivity index (χ1) is 10.0.